The minimum atomic E-state index is -0.0699. The van der Waals surface area contributed by atoms with E-state index in [1.165, 1.54) is 19.3 Å². The molecule has 1 fully saturated rings. The van der Waals surface area contributed by atoms with E-state index in [4.69, 9.17) is 0 Å². The summed E-state index contributed by atoms with van der Waals surface area (Å²) in [6, 6.07) is 0.731. The van der Waals surface area contributed by atoms with Crippen LogP contribution in [0.2, 0.25) is 0 Å². The number of nitrogens with one attached hydrogen (secondary N) is 2. The van der Waals surface area contributed by atoms with Crippen LogP contribution in [0.25, 0.3) is 0 Å². The average Bonchev–Trinajstić information content (AvgIpc) is 2.64. The van der Waals surface area contributed by atoms with Crippen LogP contribution in [0.3, 0.4) is 0 Å². The van der Waals surface area contributed by atoms with Crippen molar-refractivity contribution in [3.05, 3.63) is 0 Å². The zero-order chi connectivity index (χ0) is 12.1. The Labute approximate surface area is 99.4 Å². The topological polar surface area (TPSA) is 41.1 Å². The molecule has 4 unspecified atom stereocenters. The summed E-state index contributed by atoms with van der Waals surface area (Å²) in [5.74, 6) is 0.840. The monoisotopic (exact) mass is 226 g/mol. The minimum Gasteiger partial charge on any atom is -0.352 e. The molecule has 1 saturated carbocycles. The maximum absolute atomic E-state index is 11.8. The van der Waals surface area contributed by atoms with Gasteiger partial charge in [0.1, 0.15) is 0 Å². The van der Waals surface area contributed by atoms with Gasteiger partial charge in [0.25, 0.3) is 0 Å². The highest BCUT2D eigenvalue weighted by Gasteiger charge is 2.26. The number of hydrogen-bond acceptors (Lipinski definition) is 2. The highest BCUT2D eigenvalue weighted by molar-refractivity contribution is 5.81. The van der Waals surface area contributed by atoms with Crippen molar-refractivity contribution in [3.8, 4) is 0 Å². The van der Waals surface area contributed by atoms with E-state index in [0.717, 1.165) is 6.42 Å². The molecule has 94 valence electrons. The third-order valence-electron chi connectivity index (χ3n) is 3.72. The van der Waals surface area contributed by atoms with Gasteiger partial charge in [0, 0.05) is 12.1 Å². The van der Waals surface area contributed by atoms with Gasteiger partial charge in [-0.3, -0.25) is 4.79 Å². The van der Waals surface area contributed by atoms with Crippen LogP contribution in [0.4, 0.5) is 0 Å². The molecule has 1 amide bonds. The summed E-state index contributed by atoms with van der Waals surface area (Å²) in [5, 5.41) is 6.46. The summed E-state index contributed by atoms with van der Waals surface area (Å²) in [6.45, 7) is 8.36. The second-order valence-corrected chi connectivity index (χ2v) is 5.22. The summed E-state index contributed by atoms with van der Waals surface area (Å²) in [7, 11) is 0. The van der Waals surface area contributed by atoms with Crippen molar-refractivity contribution in [2.45, 2.75) is 71.5 Å². The largest absolute Gasteiger partial charge is 0.352 e. The van der Waals surface area contributed by atoms with Crippen molar-refractivity contribution in [1.29, 1.82) is 0 Å². The van der Waals surface area contributed by atoms with Gasteiger partial charge in [-0.15, -0.1) is 0 Å². The van der Waals surface area contributed by atoms with Crippen molar-refractivity contribution < 1.29 is 4.79 Å². The smallest absolute Gasteiger partial charge is 0.237 e. The van der Waals surface area contributed by atoms with Gasteiger partial charge in [0.2, 0.25) is 5.91 Å². The molecule has 2 N–H and O–H groups in total. The molecule has 1 rings (SSSR count). The van der Waals surface area contributed by atoms with Gasteiger partial charge in [-0.1, -0.05) is 20.3 Å². The average molecular weight is 226 g/mol. The first-order valence-electron chi connectivity index (χ1n) is 6.61. The van der Waals surface area contributed by atoms with Crippen LogP contribution >= 0.6 is 0 Å². The Kier molecular flexibility index (Phi) is 5.26. The predicted octanol–water partition coefficient (Wildman–Crippen LogP) is 2.07. The highest BCUT2D eigenvalue weighted by atomic mass is 16.2. The Morgan fingerprint density at radius 1 is 1.38 bits per heavy atom. The molecule has 0 aromatic rings. The van der Waals surface area contributed by atoms with Gasteiger partial charge < -0.3 is 10.6 Å². The molecular weight excluding hydrogens is 200 g/mol. The summed E-state index contributed by atoms with van der Waals surface area (Å²) >= 11 is 0. The van der Waals surface area contributed by atoms with Crippen molar-refractivity contribution in [1.82, 2.24) is 10.6 Å². The van der Waals surface area contributed by atoms with Crippen LogP contribution < -0.4 is 10.6 Å². The fraction of sp³-hybridized carbons (Fsp3) is 0.923. The zero-order valence-corrected chi connectivity index (χ0v) is 11.0. The lowest BCUT2D eigenvalue weighted by atomic mass is 10.1. The Hall–Kier alpha value is -0.570. The molecule has 0 bridgehead atoms. The second kappa shape index (κ2) is 6.24. The molecule has 0 aromatic heterocycles. The summed E-state index contributed by atoms with van der Waals surface area (Å²) < 4.78 is 0. The van der Waals surface area contributed by atoms with Crippen LogP contribution in [-0.4, -0.2) is 24.0 Å². The lowest BCUT2D eigenvalue weighted by Crippen LogP contribution is -2.49. The van der Waals surface area contributed by atoms with E-state index in [2.05, 4.69) is 24.5 Å². The van der Waals surface area contributed by atoms with E-state index in [1.54, 1.807) is 0 Å². The molecule has 4 atom stereocenters. The van der Waals surface area contributed by atoms with Gasteiger partial charge in [-0.05, 0) is 39.0 Å². The Bertz CT molecular complexity index is 230. The van der Waals surface area contributed by atoms with Crippen LogP contribution in [0.5, 0.6) is 0 Å². The maximum Gasteiger partial charge on any atom is 0.237 e. The van der Waals surface area contributed by atoms with Crippen LogP contribution in [-0.2, 0) is 4.79 Å². The molecule has 0 heterocycles. The van der Waals surface area contributed by atoms with E-state index < -0.39 is 0 Å². The standard InChI is InChI=1S/C13H26N2O/c1-5-10(3)14-13(16)11(4)15-12-8-6-7-9(12)2/h9-12,15H,5-8H2,1-4H3,(H,14,16). The molecule has 3 nitrogen and oxygen atoms in total. The fourth-order valence-electron chi connectivity index (χ4n) is 2.26. The number of amides is 1. The lowest BCUT2D eigenvalue weighted by molar-refractivity contribution is -0.123. The molecule has 0 radical (unpaired) electrons. The van der Waals surface area contributed by atoms with E-state index in [1.807, 2.05) is 13.8 Å². The van der Waals surface area contributed by atoms with E-state index in [-0.39, 0.29) is 18.0 Å². The van der Waals surface area contributed by atoms with E-state index in [9.17, 15) is 4.79 Å². The SMILES string of the molecule is CCC(C)NC(=O)C(C)NC1CCCC1C. The van der Waals surface area contributed by atoms with Gasteiger partial charge in [-0.25, -0.2) is 0 Å². The van der Waals surface area contributed by atoms with E-state index in [0.29, 0.717) is 12.0 Å². The summed E-state index contributed by atoms with van der Waals surface area (Å²) in [4.78, 5) is 11.8. The third kappa shape index (κ3) is 3.78. The normalized spacial score (nSPS) is 28.8. The number of hydrogen-bond donors (Lipinski definition) is 2. The van der Waals surface area contributed by atoms with Crippen molar-refractivity contribution in [2.24, 2.45) is 5.92 Å². The number of carbonyl (C=O) groups excluding carboxylic acids is 1. The first kappa shape index (κ1) is 13.5. The number of rotatable bonds is 5. The molecule has 0 saturated heterocycles. The van der Waals surface area contributed by atoms with E-state index >= 15 is 0 Å². The van der Waals surface area contributed by atoms with Crippen molar-refractivity contribution >= 4 is 5.91 Å². The number of carbonyl (C=O) groups is 1. The molecular formula is C13H26N2O. The summed E-state index contributed by atoms with van der Waals surface area (Å²) in [5.41, 5.74) is 0. The molecule has 1 aliphatic carbocycles. The molecule has 0 aliphatic heterocycles. The lowest BCUT2D eigenvalue weighted by Gasteiger charge is -2.23. The van der Waals surface area contributed by atoms with Crippen LogP contribution in [0.1, 0.15) is 53.4 Å². The fourth-order valence-corrected chi connectivity index (χ4v) is 2.26. The zero-order valence-electron chi connectivity index (χ0n) is 11.0. The van der Waals surface area contributed by atoms with Crippen molar-refractivity contribution in [2.75, 3.05) is 0 Å². The van der Waals surface area contributed by atoms with Gasteiger partial charge in [0.15, 0.2) is 0 Å². The molecule has 16 heavy (non-hydrogen) atoms. The van der Waals surface area contributed by atoms with Crippen LogP contribution in [0, 0.1) is 5.92 Å². The Morgan fingerprint density at radius 2 is 2.06 bits per heavy atom. The first-order chi connectivity index (χ1) is 7.54. The molecule has 3 heteroatoms. The predicted molar refractivity (Wildman–Crippen MR) is 67.3 cm³/mol. The van der Waals surface area contributed by atoms with Gasteiger partial charge >= 0.3 is 0 Å². The molecule has 0 aromatic carbocycles. The molecule has 0 spiro atoms. The summed E-state index contributed by atoms with van der Waals surface area (Å²) in [6.07, 6.45) is 4.77. The highest BCUT2D eigenvalue weighted by Crippen LogP contribution is 2.25. The Balaban J connectivity index is 2.33. The van der Waals surface area contributed by atoms with Gasteiger partial charge in [0.05, 0.1) is 6.04 Å². The van der Waals surface area contributed by atoms with Gasteiger partial charge in [-0.2, -0.15) is 0 Å². The first-order valence-corrected chi connectivity index (χ1v) is 6.61. The minimum absolute atomic E-state index is 0.0699. The van der Waals surface area contributed by atoms with Crippen molar-refractivity contribution in [3.63, 3.8) is 0 Å². The quantitative estimate of drug-likeness (QED) is 0.753. The van der Waals surface area contributed by atoms with Crippen LogP contribution in [0.15, 0.2) is 0 Å². The maximum atomic E-state index is 11.8. The second-order valence-electron chi connectivity index (χ2n) is 5.22. The Morgan fingerprint density at radius 3 is 2.56 bits per heavy atom. The molecule has 1 aliphatic rings. The third-order valence-corrected chi connectivity index (χ3v) is 3.72.